The molecule has 0 aliphatic heterocycles. The topological polar surface area (TPSA) is 123 Å². The molecule has 0 bridgehead atoms. The van der Waals surface area contributed by atoms with Crippen molar-refractivity contribution in [1.29, 1.82) is 0 Å². The van der Waals surface area contributed by atoms with Crippen molar-refractivity contribution in [2.75, 3.05) is 13.7 Å². The quantitative estimate of drug-likeness (QED) is 0.617. The molecule has 2 N–H and O–H groups in total. The van der Waals surface area contributed by atoms with Gasteiger partial charge in [0.05, 0.1) is 7.11 Å². The maximum Gasteiger partial charge on any atom is 0.336 e. The van der Waals surface area contributed by atoms with Crippen molar-refractivity contribution in [1.82, 2.24) is 19.7 Å². The van der Waals surface area contributed by atoms with Crippen molar-refractivity contribution in [2.45, 2.75) is 11.1 Å². The first-order valence-electron chi connectivity index (χ1n) is 4.60. The summed E-state index contributed by atoms with van der Waals surface area (Å²) in [5, 5.41) is 16.1. The van der Waals surface area contributed by atoms with Gasteiger partial charge in [0.1, 0.15) is 0 Å². The molecule has 9 nitrogen and oxygen atoms in total. The lowest BCUT2D eigenvalue weighted by Gasteiger charge is -2.10. The van der Waals surface area contributed by atoms with Crippen LogP contribution in [0, 0.1) is 0 Å². The molecule has 1 atom stereocenters. The first kappa shape index (κ1) is 15.0. The highest BCUT2D eigenvalue weighted by molar-refractivity contribution is 9.10. The number of halogens is 1. The molecular formula is C7H11BrN4O5S. The van der Waals surface area contributed by atoms with Gasteiger partial charge in [0.2, 0.25) is 5.03 Å². The Morgan fingerprint density at radius 3 is 2.72 bits per heavy atom. The van der Waals surface area contributed by atoms with Crippen LogP contribution in [0.15, 0.2) is 9.63 Å². The summed E-state index contributed by atoms with van der Waals surface area (Å²) in [5.74, 6) is -0.931. The normalized spacial score (nSPS) is 13.3. The fraction of sp³-hybridized carbons (Fsp3) is 0.571. The number of aromatic nitrogens is 3. The molecule has 0 amide bonds. The van der Waals surface area contributed by atoms with Gasteiger partial charge in [-0.2, -0.15) is 0 Å². The number of methoxy groups -OCH3 is 1. The standard InChI is InChI=1S/C7H11BrN4O5S/c1-12-6(5(8)10-11-12)18(15,16)9-3-4(13)7(14)17-2/h4,9,13H,3H2,1-2H3. The van der Waals surface area contributed by atoms with Gasteiger partial charge in [0.25, 0.3) is 10.0 Å². The van der Waals surface area contributed by atoms with Gasteiger partial charge >= 0.3 is 5.97 Å². The Morgan fingerprint density at radius 2 is 2.28 bits per heavy atom. The predicted octanol–water partition coefficient (Wildman–Crippen LogP) is -1.61. The monoisotopic (exact) mass is 342 g/mol. The average Bonchev–Trinajstić information content (AvgIpc) is 2.65. The van der Waals surface area contributed by atoms with E-state index in [2.05, 4.69) is 31.0 Å². The molecule has 0 saturated carbocycles. The van der Waals surface area contributed by atoms with E-state index in [1.54, 1.807) is 0 Å². The van der Waals surface area contributed by atoms with Crippen molar-refractivity contribution in [3.63, 3.8) is 0 Å². The molecule has 1 aromatic rings. The summed E-state index contributed by atoms with van der Waals surface area (Å²) < 4.78 is 31.1. The minimum absolute atomic E-state index is 0.0325. The van der Waals surface area contributed by atoms with Crippen LogP contribution in [0.1, 0.15) is 0 Å². The highest BCUT2D eigenvalue weighted by Gasteiger charge is 2.26. The minimum Gasteiger partial charge on any atom is -0.467 e. The van der Waals surface area contributed by atoms with Gasteiger partial charge in [0.15, 0.2) is 10.7 Å². The molecule has 102 valence electrons. The molecule has 18 heavy (non-hydrogen) atoms. The third kappa shape index (κ3) is 3.25. The molecule has 0 aliphatic rings. The summed E-state index contributed by atoms with van der Waals surface area (Å²) in [6.45, 7) is -0.507. The second-order valence-electron chi connectivity index (χ2n) is 3.20. The summed E-state index contributed by atoms with van der Waals surface area (Å²) in [4.78, 5) is 10.9. The van der Waals surface area contributed by atoms with Crippen molar-refractivity contribution < 1.29 is 23.1 Å². The van der Waals surface area contributed by atoms with Crippen LogP contribution in [-0.2, 0) is 26.6 Å². The Bertz CT molecular complexity index is 523. The molecule has 1 rings (SSSR count). The number of nitrogens with one attached hydrogen (secondary N) is 1. The number of hydrogen-bond donors (Lipinski definition) is 2. The number of aryl methyl sites for hydroxylation is 1. The molecule has 1 heterocycles. The largest absolute Gasteiger partial charge is 0.467 e. The van der Waals surface area contributed by atoms with E-state index in [1.165, 1.54) is 7.05 Å². The molecule has 0 fully saturated rings. The first-order chi connectivity index (χ1) is 8.29. The van der Waals surface area contributed by atoms with Crippen LogP contribution in [0.4, 0.5) is 0 Å². The van der Waals surface area contributed by atoms with Gasteiger partial charge in [-0.15, -0.1) is 5.10 Å². The fourth-order valence-electron chi connectivity index (χ4n) is 1.08. The molecule has 0 aromatic carbocycles. The first-order valence-corrected chi connectivity index (χ1v) is 6.88. The van der Waals surface area contributed by atoms with Crippen LogP contribution in [0.25, 0.3) is 0 Å². The molecule has 0 saturated heterocycles. The number of aliphatic hydroxyl groups is 1. The lowest BCUT2D eigenvalue weighted by Crippen LogP contribution is -2.37. The molecule has 0 radical (unpaired) electrons. The Hall–Kier alpha value is -1.04. The summed E-state index contributed by atoms with van der Waals surface area (Å²) in [6, 6.07) is 0. The van der Waals surface area contributed by atoms with Crippen LogP contribution in [0.3, 0.4) is 0 Å². The zero-order valence-corrected chi connectivity index (χ0v) is 11.9. The lowest BCUT2D eigenvalue weighted by molar-refractivity contribution is -0.149. The van der Waals surface area contributed by atoms with E-state index in [9.17, 15) is 18.3 Å². The molecule has 1 aromatic heterocycles. The van der Waals surface area contributed by atoms with Crippen LogP contribution in [-0.4, -0.2) is 54.2 Å². The van der Waals surface area contributed by atoms with Crippen LogP contribution < -0.4 is 4.72 Å². The smallest absolute Gasteiger partial charge is 0.336 e. The van der Waals surface area contributed by atoms with Crippen molar-refractivity contribution in [3.05, 3.63) is 4.60 Å². The lowest BCUT2D eigenvalue weighted by atomic mass is 10.4. The highest BCUT2D eigenvalue weighted by Crippen LogP contribution is 2.17. The molecule has 0 aliphatic carbocycles. The Labute approximate surface area is 111 Å². The SMILES string of the molecule is COC(=O)C(O)CNS(=O)(=O)c1c(Br)nnn1C. The molecule has 11 heteroatoms. The minimum atomic E-state index is -3.94. The van der Waals surface area contributed by atoms with E-state index in [1.807, 2.05) is 4.72 Å². The van der Waals surface area contributed by atoms with Gasteiger partial charge in [-0.05, 0) is 15.9 Å². The highest BCUT2D eigenvalue weighted by atomic mass is 79.9. The zero-order valence-electron chi connectivity index (χ0n) is 9.49. The summed E-state index contributed by atoms with van der Waals surface area (Å²) in [7, 11) is -1.46. The number of carbonyl (C=O) groups is 1. The van der Waals surface area contributed by atoms with Crippen molar-refractivity contribution >= 4 is 31.9 Å². The number of rotatable bonds is 5. The predicted molar refractivity (Wildman–Crippen MR) is 61.9 cm³/mol. The number of carbonyl (C=O) groups excluding carboxylic acids is 1. The van der Waals surface area contributed by atoms with E-state index < -0.39 is 28.6 Å². The second-order valence-corrected chi connectivity index (χ2v) is 5.63. The molecule has 1 unspecified atom stereocenters. The zero-order chi connectivity index (χ0) is 13.9. The Morgan fingerprint density at radius 1 is 1.67 bits per heavy atom. The number of hydrogen-bond acceptors (Lipinski definition) is 7. The van der Waals surface area contributed by atoms with Crippen LogP contribution >= 0.6 is 15.9 Å². The number of esters is 1. The average molecular weight is 343 g/mol. The van der Waals surface area contributed by atoms with Crippen molar-refractivity contribution in [3.8, 4) is 0 Å². The van der Waals surface area contributed by atoms with E-state index >= 15 is 0 Å². The van der Waals surface area contributed by atoms with Crippen LogP contribution in [0.5, 0.6) is 0 Å². The Kier molecular flexibility index (Phi) is 4.78. The van der Waals surface area contributed by atoms with Crippen molar-refractivity contribution in [2.24, 2.45) is 7.05 Å². The second kappa shape index (κ2) is 5.73. The number of sulfonamides is 1. The molecule has 0 spiro atoms. The number of nitrogens with zero attached hydrogens (tertiary/aromatic N) is 3. The summed E-state index contributed by atoms with van der Waals surface area (Å²) in [6.07, 6.45) is -1.58. The van der Waals surface area contributed by atoms with Gasteiger partial charge in [-0.3, -0.25) is 0 Å². The number of ether oxygens (including phenoxy) is 1. The summed E-state index contributed by atoms with van der Waals surface area (Å²) in [5.41, 5.74) is 0. The van der Waals surface area contributed by atoms with Gasteiger partial charge < -0.3 is 9.84 Å². The molecular weight excluding hydrogens is 332 g/mol. The van der Waals surface area contributed by atoms with Crippen LogP contribution in [0.2, 0.25) is 0 Å². The third-order valence-corrected chi connectivity index (χ3v) is 4.24. The third-order valence-electron chi connectivity index (χ3n) is 1.93. The summed E-state index contributed by atoms with van der Waals surface area (Å²) >= 11 is 2.93. The van der Waals surface area contributed by atoms with E-state index in [0.29, 0.717) is 0 Å². The van der Waals surface area contributed by atoms with Gasteiger partial charge in [0, 0.05) is 13.6 Å². The van der Waals surface area contributed by atoms with Gasteiger partial charge in [-0.1, -0.05) is 5.21 Å². The van der Waals surface area contributed by atoms with E-state index in [4.69, 9.17) is 0 Å². The maximum atomic E-state index is 11.8. The van der Waals surface area contributed by atoms with E-state index in [0.717, 1.165) is 11.8 Å². The van der Waals surface area contributed by atoms with Gasteiger partial charge in [-0.25, -0.2) is 22.6 Å². The maximum absolute atomic E-state index is 11.8. The Balaban J connectivity index is 2.81. The van der Waals surface area contributed by atoms with E-state index in [-0.39, 0.29) is 9.63 Å². The number of aliphatic hydroxyl groups excluding tert-OH is 1. The fourth-order valence-corrected chi connectivity index (χ4v) is 3.21.